The van der Waals surface area contributed by atoms with E-state index in [-0.39, 0.29) is 34.7 Å². The minimum absolute atomic E-state index is 0.0474. The van der Waals surface area contributed by atoms with E-state index in [0.717, 1.165) is 37.5 Å². The fraction of sp³-hybridized carbons (Fsp3) is 0.800. The maximum atomic E-state index is 12.6. The third kappa shape index (κ3) is 2.76. The van der Waals surface area contributed by atoms with Crippen LogP contribution in [0, 0.1) is 28.6 Å². The molecule has 0 aromatic heterocycles. The van der Waals surface area contributed by atoms with Crippen molar-refractivity contribution in [3.8, 4) is 0 Å². The molecule has 0 unspecified atom stereocenters. The zero-order valence-corrected chi connectivity index (χ0v) is 17.1. The van der Waals surface area contributed by atoms with Gasteiger partial charge in [0.05, 0.1) is 18.4 Å². The number of fused-ring (bicyclic) bond motifs is 5. The summed E-state index contributed by atoms with van der Waals surface area (Å²) in [5.74, 6) is 0.495. The number of carbonyl (C=O) groups is 2. The average Bonchev–Trinajstić information content (AvgIpc) is 2.87. The van der Waals surface area contributed by atoms with Gasteiger partial charge in [-0.15, -0.1) is 0 Å². The maximum Gasteiger partial charge on any atom is 0.264 e. The van der Waals surface area contributed by atoms with Crippen molar-refractivity contribution >= 4 is 21.7 Å². The van der Waals surface area contributed by atoms with Gasteiger partial charge >= 0.3 is 0 Å². The van der Waals surface area contributed by atoms with E-state index in [1.165, 1.54) is 0 Å². The molecule has 150 valence electrons. The number of carbonyl (C=O) groups excluding carboxylic acids is 2. The predicted octanol–water partition coefficient (Wildman–Crippen LogP) is 1.98. The third-order valence-electron chi connectivity index (χ3n) is 8.11. The summed E-state index contributed by atoms with van der Waals surface area (Å²) in [7, 11) is -3.72. The van der Waals surface area contributed by atoms with Crippen molar-refractivity contribution in [1.82, 2.24) is 0 Å². The molecule has 7 atom stereocenters. The molecule has 4 aliphatic rings. The summed E-state index contributed by atoms with van der Waals surface area (Å²) in [6, 6.07) is -0.645. The van der Waals surface area contributed by atoms with E-state index < -0.39 is 27.7 Å². The monoisotopic (exact) mass is 395 g/mol. The van der Waals surface area contributed by atoms with Crippen LogP contribution in [-0.4, -0.2) is 38.4 Å². The molecule has 3 saturated carbocycles. The molecular weight excluding hydrogens is 366 g/mol. The summed E-state index contributed by atoms with van der Waals surface area (Å²) in [6.45, 7) is 4.20. The summed E-state index contributed by atoms with van der Waals surface area (Å²) in [4.78, 5) is 24.7. The number of nitrogens with two attached hydrogens (primary N) is 1. The molecule has 27 heavy (non-hydrogen) atoms. The van der Waals surface area contributed by atoms with Crippen LogP contribution in [0.1, 0.15) is 52.4 Å². The van der Waals surface area contributed by atoms with Crippen LogP contribution in [0.5, 0.6) is 0 Å². The van der Waals surface area contributed by atoms with Gasteiger partial charge in [0.1, 0.15) is 5.78 Å². The van der Waals surface area contributed by atoms with Crippen molar-refractivity contribution in [3.05, 3.63) is 11.6 Å². The first-order valence-electron chi connectivity index (χ1n) is 9.89. The van der Waals surface area contributed by atoms with Crippen molar-refractivity contribution < 1.29 is 22.2 Å². The lowest BCUT2D eigenvalue weighted by Gasteiger charge is -2.60. The normalized spacial score (nSPS) is 47.1. The second kappa shape index (κ2) is 5.97. The molecule has 0 radical (unpaired) electrons. The Morgan fingerprint density at radius 1 is 1.07 bits per heavy atom. The van der Waals surface area contributed by atoms with Crippen LogP contribution in [0.25, 0.3) is 0 Å². The molecule has 4 rings (SSSR count). The first-order chi connectivity index (χ1) is 12.5. The van der Waals surface area contributed by atoms with Gasteiger partial charge in [0.2, 0.25) is 0 Å². The summed E-state index contributed by atoms with van der Waals surface area (Å²) < 4.78 is 29.6. The Morgan fingerprint density at radius 3 is 2.41 bits per heavy atom. The Hall–Kier alpha value is -1.05. The zero-order chi connectivity index (χ0) is 19.8. The summed E-state index contributed by atoms with van der Waals surface area (Å²) in [5.41, 5.74) is 6.75. The Balaban J connectivity index is 1.85. The Bertz CT molecular complexity index is 833. The Labute approximate surface area is 161 Å². The summed E-state index contributed by atoms with van der Waals surface area (Å²) in [5, 5.41) is 0. The highest BCUT2D eigenvalue weighted by molar-refractivity contribution is 7.86. The van der Waals surface area contributed by atoms with Gasteiger partial charge in [-0.05, 0) is 60.5 Å². The van der Waals surface area contributed by atoms with Gasteiger partial charge in [0.25, 0.3) is 10.1 Å². The van der Waals surface area contributed by atoms with Crippen molar-refractivity contribution in [2.24, 2.45) is 34.3 Å². The number of hydrogen-bond acceptors (Lipinski definition) is 6. The molecule has 4 aliphatic carbocycles. The average molecular weight is 396 g/mol. The molecule has 3 fully saturated rings. The number of Topliss-reactive ketones (excluding diaryl/α,β-unsaturated/α-hetero) is 1. The summed E-state index contributed by atoms with van der Waals surface area (Å²) in [6.07, 6.45) is 6.15. The van der Waals surface area contributed by atoms with E-state index in [0.29, 0.717) is 12.8 Å². The van der Waals surface area contributed by atoms with Crippen LogP contribution < -0.4 is 5.73 Å². The first-order valence-corrected chi connectivity index (χ1v) is 11.7. The lowest BCUT2D eigenvalue weighted by atomic mass is 9.46. The van der Waals surface area contributed by atoms with Gasteiger partial charge in [-0.25, -0.2) is 0 Å². The second-order valence-corrected chi connectivity index (χ2v) is 11.1. The van der Waals surface area contributed by atoms with Crippen LogP contribution >= 0.6 is 0 Å². The highest BCUT2D eigenvalue weighted by atomic mass is 32.2. The van der Waals surface area contributed by atoms with Crippen LogP contribution in [-0.2, 0) is 23.9 Å². The van der Waals surface area contributed by atoms with E-state index in [2.05, 4.69) is 6.92 Å². The molecular formula is C20H29NO5S. The van der Waals surface area contributed by atoms with E-state index in [9.17, 15) is 18.0 Å². The molecule has 2 N–H and O–H groups in total. The number of ketones is 2. The Morgan fingerprint density at radius 2 is 1.74 bits per heavy atom. The molecule has 7 heteroatoms. The van der Waals surface area contributed by atoms with Gasteiger partial charge in [0, 0.05) is 18.3 Å². The molecule has 6 nitrogen and oxygen atoms in total. The maximum absolute atomic E-state index is 12.6. The lowest BCUT2D eigenvalue weighted by Crippen LogP contribution is -2.63. The predicted molar refractivity (Wildman–Crippen MR) is 100 cm³/mol. The fourth-order valence-corrected chi connectivity index (χ4v) is 7.38. The molecule has 0 spiro atoms. The minimum atomic E-state index is -3.72. The zero-order valence-electron chi connectivity index (χ0n) is 16.2. The van der Waals surface area contributed by atoms with E-state index in [4.69, 9.17) is 9.92 Å². The van der Waals surface area contributed by atoms with Gasteiger partial charge in [-0.3, -0.25) is 13.8 Å². The number of rotatable bonds is 2. The van der Waals surface area contributed by atoms with Crippen molar-refractivity contribution in [2.75, 3.05) is 6.26 Å². The third-order valence-corrected chi connectivity index (χ3v) is 8.68. The Kier molecular flexibility index (Phi) is 4.26. The highest BCUT2D eigenvalue weighted by Gasteiger charge is 2.64. The van der Waals surface area contributed by atoms with Crippen molar-refractivity contribution in [2.45, 2.75) is 64.5 Å². The van der Waals surface area contributed by atoms with Gasteiger partial charge in [0.15, 0.2) is 5.78 Å². The summed E-state index contributed by atoms with van der Waals surface area (Å²) >= 11 is 0. The fourth-order valence-electron chi connectivity index (χ4n) is 6.73. The van der Waals surface area contributed by atoms with Crippen molar-refractivity contribution in [3.63, 3.8) is 0 Å². The van der Waals surface area contributed by atoms with E-state index in [1.54, 1.807) is 6.08 Å². The van der Waals surface area contributed by atoms with Gasteiger partial charge in [-0.1, -0.05) is 13.8 Å². The van der Waals surface area contributed by atoms with E-state index >= 15 is 0 Å². The van der Waals surface area contributed by atoms with Crippen molar-refractivity contribution in [1.29, 1.82) is 0 Å². The standard InChI is InChI=1S/C20H29NO5S/c1-19-8-6-11(22)10-14(19)17(21)18(26-27(3,24)25)16-12-4-5-15(23)20(12,2)9-7-13(16)19/h10,12-13,16-18H,4-9,21H2,1-3H3/t12-,13-,16-,17-,18-,19+,20-/m0/s1. The molecule has 0 heterocycles. The molecule has 0 aliphatic heterocycles. The smallest absolute Gasteiger partial charge is 0.264 e. The molecule has 0 amide bonds. The van der Waals surface area contributed by atoms with Gasteiger partial charge in [-0.2, -0.15) is 8.42 Å². The van der Waals surface area contributed by atoms with Crippen LogP contribution in [0.4, 0.5) is 0 Å². The quantitative estimate of drug-likeness (QED) is 0.717. The minimum Gasteiger partial charge on any atom is -0.322 e. The molecule has 0 aromatic rings. The SMILES string of the molecule is C[C@]12CCC(=O)C=C1[C@H](N)[C@@H](OS(C)(=O)=O)[C@@H]1[C@@H]2CC[C@]2(C)C(=O)CC[C@@H]12. The first kappa shape index (κ1) is 19.3. The topological polar surface area (TPSA) is 104 Å². The molecule has 0 aromatic carbocycles. The molecule has 0 saturated heterocycles. The molecule has 0 bridgehead atoms. The van der Waals surface area contributed by atoms with Crippen LogP contribution in [0.2, 0.25) is 0 Å². The highest BCUT2D eigenvalue weighted by Crippen LogP contribution is 2.64. The van der Waals surface area contributed by atoms with E-state index in [1.807, 2.05) is 6.92 Å². The van der Waals surface area contributed by atoms with Crippen LogP contribution in [0.15, 0.2) is 11.6 Å². The lowest BCUT2D eigenvalue weighted by molar-refractivity contribution is -0.138. The largest absolute Gasteiger partial charge is 0.322 e. The number of hydrogen-bond donors (Lipinski definition) is 1. The van der Waals surface area contributed by atoms with Crippen LogP contribution in [0.3, 0.4) is 0 Å². The second-order valence-electron chi connectivity index (χ2n) is 9.48. The van der Waals surface area contributed by atoms with Gasteiger partial charge < -0.3 is 5.73 Å².